The number of hydrogen-bond acceptors (Lipinski definition) is 4. The Morgan fingerprint density at radius 1 is 1.04 bits per heavy atom. The van der Waals surface area contributed by atoms with Crippen molar-refractivity contribution < 1.29 is 13.2 Å². The van der Waals surface area contributed by atoms with Crippen LogP contribution in [-0.4, -0.2) is 54.7 Å². The molecule has 1 aromatic carbocycles. The van der Waals surface area contributed by atoms with E-state index in [1.165, 1.54) is 16.6 Å². The number of carbonyl (C=O) groups excluding carboxylic acids is 1. The summed E-state index contributed by atoms with van der Waals surface area (Å²) in [5.41, 5.74) is 1.31. The van der Waals surface area contributed by atoms with E-state index < -0.39 is 10.0 Å². The van der Waals surface area contributed by atoms with Crippen LogP contribution in [-0.2, 0) is 15.4 Å². The highest BCUT2D eigenvalue weighted by atomic mass is 35.5. The third kappa shape index (κ3) is 4.37. The van der Waals surface area contributed by atoms with E-state index in [4.69, 9.17) is 11.6 Å². The van der Waals surface area contributed by atoms with E-state index >= 15 is 0 Å². The number of piperazine rings is 1. The first kappa shape index (κ1) is 20.8. The number of hydrogen-bond donors (Lipinski definition) is 0. The first-order valence-corrected chi connectivity index (χ1v) is 10.9. The molecule has 28 heavy (non-hydrogen) atoms. The number of aromatic nitrogens is 1. The first-order valence-electron chi connectivity index (χ1n) is 9.10. The Morgan fingerprint density at radius 3 is 2.18 bits per heavy atom. The highest BCUT2D eigenvalue weighted by Gasteiger charge is 2.31. The summed E-state index contributed by atoms with van der Waals surface area (Å²) >= 11 is 5.92. The van der Waals surface area contributed by atoms with Crippen molar-refractivity contribution in [2.24, 2.45) is 0 Å². The van der Waals surface area contributed by atoms with E-state index in [2.05, 4.69) is 25.8 Å². The van der Waals surface area contributed by atoms with Crippen LogP contribution in [0.5, 0.6) is 0 Å². The molecular weight excluding hydrogens is 398 g/mol. The van der Waals surface area contributed by atoms with Crippen molar-refractivity contribution in [1.82, 2.24) is 14.2 Å². The molecule has 6 nitrogen and oxygen atoms in total. The van der Waals surface area contributed by atoms with Gasteiger partial charge in [-0.05, 0) is 35.2 Å². The lowest BCUT2D eigenvalue weighted by Gasteiger charge is -2.34. The minimum atomic E-state index is -3.59. The molecule has 0 aliphatic carbocycles. The smallest absolute Gasteiger partial charge is 0.272 e. The Morgan fingerprint density at radius 2 is 1.64 bits per heavy atom. The van der Waals surface area contributed by atoms with E-state index in [-0.39, 0.29) is 35.0 Å². The molecule has 0 unspecified atom stereocenters. The van der Waals surface area contributed by atoms with Gasteiger partial charge in [-0.2, -0.15) is 4.31 Å². The number of benzene rings is 1. The van der Waals surface area contributed by atoms with Crippen LogP contribution in [0, 0.1) is 0 Å². The zero-order chi connectivity index (χ0) is 20.5. The molecule has 3 rings (SSSR count). The number of nitrogens with zero attached hydrogens (tertiary/aromatic N) is 3. The van der Waals surface area contributed by atoms with Crippen LogP contribution in [0.15, 0.2) is 47.5 Å². The number of rotatable bonds is 3. The maximum atomic E-state index is 12.9. The average molecular weight is 422 g/mol. The molecule has 1 amide bonds. The molecule has 0 atom stereocenters. The lowest BCUT2D eigenvalue weighted by atomic mass is 9.87. The van der Waals surface area contributed by atoms with Gasteiger partial charge in [0.1, 0.15) is 5.69 Å². The number of amides is 1. The summed E-state index contributed by atoms with van der Waals surface area (Å²) in [4.78, 5) is 18.5. The summed E-state index contributed by atoms with van der Waals surface area (Å²) in [5, 5.41) is 0.443. The quantitative estimate of drug-likeness (QED) is 0.763. The topological polar surface area (TPSA) is 70.6 Å². The van der Waals surface area contributed by atoms with Gasteiger partial charge < -0.3 is 4.90 Å². The normalized spacial score (nSPS) is 16.2. The van der Waals surface area contributed by atoms with Gasteiger partial charge in [-0.25, -0.2) is 8.42 Å². The van der Waals surface area contributed by atoms with Gasteiger partial charge in [0.2, 0.25) is 10.0 Å². The summed E-state index contributed by atoms with van der Waals surface area (Å²) in [5.74, 6) is -0.242. The van der Waals surface area contributed by atoms with Gasteiger partial charge in [0, 0.05) is 37.4 Å². The van der Waals surface area contributed by atoms with E-state index in [0.29, 0.717) is 18.1 Å². The SMILES string of the molecule is CC(C)(C)c1ccc(S(=O)(=O)N2CCN(C(=O)c3cc(Cl)ccn3)CC2)cc1. The molecule has 1 aliphatic heterocycles. The molecule has 0 N–H and O–H groups in total. The van der Waals surface area contributed by atoms with Gasteiger partial charge in [0.05, 0.1) is 4.90 Å². The molecule has 0 saturated carbocycles. The second-order valence-electron chi connectivity index (χ2n) is 7.83. The largest absolute Gasteiger partial charge is 0.335 e. The second-order valence-corrected chi connectivity index (χ2v) is 10.2. The molecule has 2 aromatic rings. The van der Waals surface area contributed by atoms with Crippen LogP contribution in [0.2, 0.25) is 5.02 Å². The Balaban J connectivity index is 1.69. The van der Waals surface area contributed by atoms with E-state index in [0.717, 1.165) is 5.56 Å². The molecule has 0 spiro atoms. The predicted molar refractivity (Wildman–Crippen MR) is 109 cm³/mol. The van der Waals surface area contributed by atoms with Crippen LogP contribution in [0.4, 0.5) is 0 Å². The highest BCUT2D eigenvalue weighted by Crippen LogP contribution is 2.25. The maximum absolute atomic E-state index is 12.9. The number of sulfonamides is 1. The summed E-state index contributed by atoms with van der Waals surface area (Å²) in [6.07, 6.45) is 1.48. The molecule has 1 aromatic heterocycles. The number of carbonyl (C=O) groups is 1. The summed E-state index contributed by atoms with van der Waals surface area (Å²) in [6, 6.07) is 10.2. The monoisotopic (exact) mass is 421 g/mol. The molecule has 1 fully saturated rings. The Labute approximate surface area is 171 Å². The fourth-order valence-corrected chi connectivity index (χ4v) is 4.67. The van der Waals surface area contributed by atoms with Crippen LogP contribution in [0.25, 0.3) is 0 Å². The van der Waals surface area contributed by atoms with E-state index in [1.807, 2.05) is 12.1 Å². The maximum Gasteiger partial charge on any atom is 0.272 e. The van der Waals surface area contributed by atoms with Crippen LogP contribution >= 0.6 is 11.6 Å². The third-order valence-corrected chi connectivity index (χ3v) is 6.97. The van der Waals surface area contributed by atoms with Crippen molar-refractivity contribution >= 4 is 27.5 Å². The van der Waals surface area contributed by atoms with Crippen LogP contribution in [0.3, 0.4) is 0 Å². The van der Waals surface area contributed by atoms with E-state index in [1.54, 1.807) is 23.1 Å². The summed E-state index contributed by atoms with van der Waals surface area (Å²) in [6.45, 7) is 7.37. The highest BCUT2D eigenvalue weighted by molar-refractivity contribution is 7.89. The zero-order valence-corrected chi connectivity index (χ0v) is 17.8. The minimum absolute atomic E-state index is 0.0390. The molecule has 0 bridgehead atoms. The van der Waals surface area contributed by atoms with Crippen molar-refractivity contribution in [3.8, 4) is 0 Å². The lowest BCUT2D eigenvalue weighted by molar-refractivity contribution is 0.0692. The van der Waals surface area contributed by atoms with Gasteiger partial charge in [-0.1, -0.05) is 44.5 Å². The van der Waals surface area contributed by atoms with Crippen LogP contribution < -0.4 is 0 Å². The van der Waals surface area contributed by atoms with Crippen molar-refractivity contribution in [2.45, 2.75) is 31.1 Å². The fourth-order valence-electron chi connectivity index (χ4n) is 3.09. The minimum Gasteiger partial charge on any atom is -0.335 e. The van der Waals surface area contributed by atoms with Gasteiger partial charge in [-0.3, -0.25) is 9.78 Å². The van der Waals surface area contributed by atoms with E-state index in [9.17, 15) is 13.2 Å². The molecule has 2 heterocycles. The third-order valence-electron chi connectivity index (χ3n) is 4.83. The first-order chi connectivity index (χ1) is 13.1. The molecular formula is C20H24ClN3O3S. The Hall–Kier alpha value is -1.96. The zero-order valence-electron chi connectivity index (χ0n) is 16.2. The van der Waals surface area contributed by atoms with Gasteiger partial charge in [-0.15, -0.1) is 0 Å². The van der Waals surface area contributed by atoms with Gasteiger partial charge in [0.25, 0.3) is 5.91 Å². The average Bonchev–Trinajstić information content (AvgIpc) is 2.67. The van der Waals surface area contributed by atoms with Crippen molar-refractivity contribution in [1.29, 1.82) is 0 Å². The fraction of sp³-hybridized carbons (Fsp3) is 0.400. The van der Waals surface area contributed by atoms with Crippen LogP contribution in [0.1, 0.15) is 36.8 Å². The number of pyridine rings is 1. The molecule has 150 valence electrons. The van der Waals surface area contributed by atoms with Crippen molar-refractivity contribution in [2.75, 3.05) is 26.2 Å². The van der Waals surface area contributed by atoms with Gasteiger partial charge in [0.15, 0.2) is 0 Å². The molecule has 8 heteroatoms. The van der Waals surface area contributed by atoms with Gasteiger partial charge >= 0.3 is 0 Å². The van der Waals surface area contributed by atoms with Crippen molar-refractivity contribution in [3.05, 3.63) is 58.9 Å². The lowest BCUT2D eigenvalue weighted by Crippen LogP contribution is -2.50. The Bertz CT molecular complexity index is 961. The standard InChI is InChI=1S/C20H24ClN3O3S/c1-20(2,3)15-4-6-17(7-5-15)28(26,27)24-12-10-23(11-13-24)19(25)18-14-16(21)8-9-22-18/h4-9,14H,10-13H2,1-3H3. The second kappa shape index (κ2) is 7.81. The molecule has 1 aliphatic rings. The Kier molecular flexibility index (Phi) is 5.79. The summed E-state index contributed by atoms with van der Waals surface area (Å²) < 4.78 is 27.3. The number of halogens is 1. The predicted octanol–water partition coefficient (Wildman–Crippen LogP) is 3.18. The van der Waals surface area contributed by atoms with Crippen molar-refractivity contribution in [3.63, 3.8) is 0 Å². The molecule has 0 radical (unpaired) electrons. The molecule has 1 saturated heterocycles. The summed E-state index contributed by atoms with van der Waals surface area (Å²) in [7, 11) is -3.59.